The highest BCUT2D eigenvalue weighted by atomic mass is 32.2. The van der Waals surface area contributed by atoms with Crippen LogP contribution in [0.1, 0.15) is 16.5 Å². The Morgan fingerprint density at radius 1 is 0.824 bits per heavy atom. The van der Waals surface area contributed by atoms with E-state index in [9.17, 15) is 0 Å². The SMILES string of the molecule is C1=C(c2ccccc2)SC(c2ccccc2)N1. The summed E-state index contributed by atoms with van der Waals surface area (Å²) in [6.45, 7) is 0. The molecular weight excluding hydrogens is 226 g/mol. The third-order valence-electron chi connectivity index (χ3n) is 2.77. The highest BCUT2D eigenvalue weighted by Gasteiger charge is 2.19. The maximum absolute atomic E-state index is 3.42. The molecule has 0 bridgehead atoms. The van der Waals surface area contributed by atoms with E-state index in [1.807, 2.05) is 17.8 Å². The first-order chi connectivity index (χ1) is 8.43. The standard InChI is InChI=1S/C15H13NS/c1-3-7-12(8-4-1)14-11-16-15(17-14)13-9-5-2-6-10-13/h1-11,15-16H. The van der Waals surface area contributed by atoms with Crippen LogP contribution in [-0.4, -0.2) is 0 Å². The van der Waals surface area contributed by atoms with Gasteiger partial charge in [0.15, 0.2) is 0 Å². The Bertz CT molecular complexity index is 519. The summed E-state index contributed by atoms with van der Waals surface area (Å²) < 4.78 is 0. The predicted octanol–water partition coefficient (Wildman–Crippen LogP) is 4.02. The van der Waals surface area contributed by atoms with Crippen LogP contribution >= 0.6 is 11.8 Å². The number of nitrogens with one attached hydrogen (secondary N) is 1. The minimum atomic E-state index is 0.339. The minimum absolute atomic E-state index is 0.339. The number of hydrogen-bond acceptors (Lipinski definition) is 2. The maximum atomic E-state index is 3.42. The zero-order valence-corrected chi connectivity index (χ0v) is 10.2. The fourth-order valence-electron chi connectivity index (χ4n) is 1.89. The lowest BCUT2D eigenvalue weighted by Gasteiger charge is -2.10. The molecule has 3 rings (SSSR count). The van der Waals surface area contributed by atoms with Crippen molar-refractivity contribution in [1.29, 1.82) is 0 Å². The van der Waals surface area contributed by atoms with E-state index >= 15 is 0 Å². The lowest BCUT2D eigenvalue weighted by Crippen LogP contribution is -2.06. The fraction of sp³-hybridized carbons (Fsp3) is 0.0667. The van der Waals surface area contributed by atoms with Crippen LogP contribution in [0.3, 0.4) is 0 Å². The summed E-state index contributed by atoms with van der Waals surface area (Å²) >= 11 is 1.87. The van der Waals surface area contributed by atoms with Crippen LogP contribution in [0, 0.1) is 0 Å². The van der Waals surface area contributed by atoms with Crippen molar-refractivity contribution in [3.05, 3.63) is 78.0 Å². The number of rotatable bonds is 2. The van der Waals surface area contributed by atoms with Crippen LogP contribution in [0.5, 0.6) is 0 Å². The Morgan fingerprint density at radius 3 is 2.18 bits per heavy atom. The highest BCUT2D eigenvalue weighted by Crippen LogP contribution is 2.42. The van der Waals surface area contributed by atoms with Gasteiger partial charge in [0, 0.05) is 11.1 Å². The molecule has 1 aliphatic heterocycles. The molecule has 1 atom stereocenters. The summed E-state index contributed by atoms with van der Waals surface area (Å²) in [5, 5.41) is 3.76. The quantitative estimate of drug-likeness (QED) is 0.849. The van der Waals surface area contributed by atoms with Crippen LogP contribution in [0.4, 0.5) is 0 Å². The molecule has 0 saturated carbocycles. The summed E-state index contributed by atoms with van der Waals surface area (Å²) in [4.78, 5) is 1.31. The third kappa shape index (κ3) is 2.22. The first-order valence-corrected chi connectivity index (χ1v) is 6.55. The van der Waals surface area contributed by atoms with Crippen LogP contribution < -0.4 is 5.32 Å². The Kier molecular flexibility index (Phi) is 2.88. The summed E-state index contributed by atoms with van der Waals surface area (Å²) in [6.07, 6.45) is 2.11. The zero-order valence-electron chi connectivity index (χ0n) is 9.34. The lowest BCUT2D eigenvalue weighted by atomic mass is 10.2. The van der Waals surface area contributed by atoms with Crippen LogP contribution in [0.2, 0.25) is 0 Å². The van der Waals surface area contributed by atoms with Gasteiger partial charge >= 0.3 is 0 Å². The first-order valence-electron chi connectivity index (χ1n) is 5.67. The summed E-state index contributed by atoms with van der Waals surface area (Å²) in [5.74, 6) is 0. The van der Waals surface area contributed by atoms with Crippen molar-refractivity contribution in [1.82, 2.24) is 5.32 Å². The zero-order chi connectivity index (χ0) is 11.5. The van der Waals surface area contributed by atoms with Crippen molar-refractivity contribution >= 4 is 16.7 Å². The van der Waals surface area contributed by atoms with E-state index in [1.165, 1.54) is 16.0 Å². The van der Waals surface area contributed by atoms with Gasteiger partial charge in [0.1, 0.15) is 5.37 Å². The first kappa shape index (κ1) is 10.5. The molecule has 0 fully saturated rings. The van der Waals surface area contributed by atoms with Crippen molar-refractivity contribution in [3.63, 3.8) is 0 Å². The predicted molar refractivity (Wildman–Crippen MR) is 74.3 cm³/mol. The summed E-state index contributed by atoms with van der Waals surface area (Å²) in [5.41, 5.74) is 2.60. The molecular formula is C15H13NS. The van der Waals surface area contributed by atoms with Crippen LogP contribution in [-0.2, 0) is 0 Å². The van der Waals surface area contributed by atoms with Gasteiger partial charge in [-0.1, -0.05) is 72.4 Å². The molecule has 84 valence electrons. The molecule has 1 heterocycles. The van der Waals surface area contributed by atoms with Gasteiger partial charge in [0.05, 0.1) is 0 Å². The molecule has 0 saturated heterocycles. The average Bonchev–Trinajstić information content (AvgIpc) is 2.90. The monoisotopic (exact) mass is 239 g/mol. The number of hydrogen-bond donors (Lipinski definition) is 1. The van der Waals surface area contributed by atoms with E-state index in [0.717, 1.165) is 0 Å². The highest BCUT2D eigenvalue weighted by molar-refractivity contribution is 8.08. The smallest absolute Gasteiger partial charge is 0.102 e. The molecule has 0 aromatic heterocycles. The summed E-state index contributed by atoms with van der Waals surface area (Å²) in [6, 6.07) is 21.0. The van der Waals surface area contributed by atoms with Gasteiger partial charge in [-0.15, -0.1) is 0 Å². The van der Waals surface area contributed by atoms with Gasteiger partial charge in [-0.3, -0.25) is 0 Å². The Morgan fingerprint density at radius 2 is 1.47 bits per heavy atom. The van der Waals surface area contributed by atoms with Crippen molar-refractivity contribution < 1.29 is 0 Å². The van der Waals surface area contributed by atoms with Crippen molar-refractivity contribution in [2.75, 3.05) is 0 Å². The Balaban J connectivity index is 1.78. The fourth-order valence-corrected chi connectivity index (χ4v) is 2.98. The third-order valence-corrected chi connectivity index (χ3v) is 4.02. The molecule has 0 spiro atoms. The molecule has 2 aromatic carbocycles. The lowest BCUT2D eigenvalue weighted by molar-refractivity contribution is 0.863. The molecule has 2 heteroatoms. The van der Waals surface area contributed by atoms with Crippen molar-refractivity contribution in [2.24, 2.45) is 0 Å². The van der Waals surface area contributed by atoms with E-state index in [-0.39, 0.29) is 0 Å². The van der Waals surface area contributed by atoms with Gasteiger partial charge in [-0.25, -0.2) is 0 Å². The molecule has 1 nitrogen and oxygen atoms in total. The van der Waals surface area contributed by atoms with Gasteiger partial charge < -0.3 is 5.32 Å². The van der Waals surface area contributed by atoms with Crippen molar-refractivity contribution in [3.8, 4) is 0 Å². The van der Waals surface area contributed by atoms with E-state index in [2.05, 4.69) is 66.1 Å². The Hall–Kier alpha value is -1.67. The molecule has 17 heavy (non-hydrogen) atoms. The van der Waals surface area contributed by atoms with Gasteiger partial charge in [-0.05, 0) is 11.1 Å². The van der Waals surface area contributed by atoms with Crippen molar-refractivity contribution in [2.45, 2.75) is 5.37 Å². The molecule has 1 aliphatic rings. The number of benzene rings is 2. The second-order valence-corrected chi connectivity index (χ2v) is 5.10. The van der Waals surface area contributed by atoms with Crippen LogP contribution in [0.15, 0.2) is 66.9 Å². The van der Waals surface area contributed by atoms with E-state index in [4.69, 9.17) is 0 Å². The van der Waals surface area contributed by atoms with E-state index in [1.54, 1.807) is 0 Å². The normalized spacial score (nSPS) is 18.6. The largest absolute Gasteiger partial charge is 0.374 e. The molecule has 0 aliphatic carbocycles. The second-order valence-electron chi connectivity index (χ2n) is 3.95. The van der Waals surface area contributed by atoms with Gasteiger partial charge in [0.25, 0.3) is 0 Å². The molecule has 1 unspecified atom stereocenters. The van der Waals surface area contributed by atoms with Crippen LogP contribution in [0.25, 0.3) is 4.91 Å². The number of thioether (sulfide) groups is 1. The average molecular weight is 239 g/mol. The molecule has 0 amide bonds. The molecule has 0 radical (unpaired) electrons. The van der Waals surface area contributed by atoms with E-state index < -0.39 is 0 Å². The topological polar surface area (TPSA) is 12.0 Å². The van der Waals surface area contributed by atoms with Gasteiger partial charge in [-0.2, -0.15) is 0 Å². The molecule has 1 N–H and O–H groups in total. The maximum Gasteiger partial charge on any atom is 0.102 e. The Labute approximate surface area is 106 Å². The van der Waals surface area contributed by atoms with Gasteiger partial charge in [0.2, 0.25) is 0 Å². The van der Waals surface area contributed by atoms with E-state index in [0.29, 0.717) is 5.37 Å². The minimum Gasteiger partial charge on any atom is -0.374 e. The molecule has 2 aromatic rings. The summed E-state index contributed by atoms with van der Waals surface area (Å²) in [7, 11) is 0. The second kappa shape index (κ2) is 4.68.